The maximum atomic E-state index is 10.6. The summed E-state index contributed by atoms with van der Waals surface area (Å²) in [4.78, 5) is 14.6. The van der Waals surface area contributed by atoms with Crippen LogP contribution in [-0.2, 0) is 11.2 Å². The second kappa shape index (κ2) is 4.09. The molecule has 1 amide bonds. The van der Waals surface area contributed by atoms with Crippen LogP contribution in [0.1, 0.15) is 5.69 Å². The summed E-state index contributed by atoms with van der Waals surface area (Å²) in [5.74, 6) is -0.0592. The van der Waals surface area contributed by atoms with Crippen molar-refractivity contribution in [3.05, 3.63) is 23.0 Å². The van der Waals surface area contributed by atoms with Crippen molar-refractivity contribution in [3.8, 4) is 5.75 Å². The molecule has 0 aromatic carbocycles. The zero-order chi connectivity index (χ0) is 9.84. The molecule has 5 heteroatoms. The maximum Gasteiger partial charge on any atom is 0.223 e. The third kappa shape index (κ3) is 2.32. The lowest BCUT2D eigenvalue weighted by Gasteiger charge is -2.06. The molecule has 13 heavy (non-hydrogen) atoms. The Balaban J connectivity index is 3.05. The molecule has 4 nitrogen and oxygen atoms in total. The standard InChI is InChI=1S/C8H9ClN2O2/c1-13-8-5(9)2-3-11-6(8)4-7(10)12/h2-3H,4H2,1H3,(H2,10,12). The summed E-state index contributed by atoms with van der Waals surface area (Å²) in [6, 6.07) is 1.59. The molecule has 0 spiro atoms. The molecule has 0 unspecified atom stereocenters. The molecule has 0 fully saturated rings. The highest BCUT2D eigenvalue weighted by Crippen LogP contribution is 2.26. The molecule has 1 rings (SSSR count). The monoisotopic (exact) mass is 200 g/mol. The quantitative estimate of drug-likeness (QED) is 0.784. The molecule has 0 radical (unpaired) electrons. The van der Waals surface area contributed by atoms with Crippen molar-refractivity contribution < 1.29 is 9.53 Å². The molecule has 1 aromatic heterocycles. The van der Waals surface area contributed by atoms with Gasteiger partial charge in [0.15, 0.2) is 5.75 Å². The fourth-order valence-corrected chi connectivity index (χ4v) is 1.21. The average molecular weight is 201 g/mol. The molecule has 0 aliphatic carbocycles. The van der Waals surface area contributed by atoms with Gasteiger partial charge < -0.3 is 10.5 Å². The molecule has 0 saturated carbocycles. The Morgan fingerprint density at radius 1 is 1.77 bits per heavy atom. The molecule has 2 N–H and O–H groups in total. The van der Waals surface area contributed by atoms with Crippen molar-refractivity contribution in [2.45, 2.75) is 6.42 Å². The number of nitrogens with two attached hydrogens (primary N) is 1. The van der Waals surface area contributed by atoms with Crippen LogP contribution in [0.25, 0.3) is 0 Å². The second-order valence-electron chi connectivity index (χ2n) is 2.42. The van der Waals surface area contributed by atoms with Gasteiger partial charge in [0.2, 0.25) is 5.91 Å². The first-order valence-corrected chi connectivity index (χ1v) is 3.98. The normalized spacial score (nSPS) is 9.69. The lowest BCUT2D eigenvalue weighted by molar-refractivity contribution is -0.117. The number of rotatable bonds is 3. The number of ether oxygens (including phenoxy) is 1. The Morgan fingerprint density at radius 3 is 3.00 bits per heavy atom. The van der Waals surface area contributed by atoms with Gasteiger partial charge in [-0.2, -0.15) is 0 Å². The SMILES string of the molecule is COc1c(Cl)ccnc1CC(N)=O. The van der Waals surface area contributed by atoms with Crippen LogP contribution in [0.15, 0.2) is 12.3 Å². The van der Waals surface area contributed by atoms with Gasteiger partial charge in [-0.3, -0.25) is 9.78 Å². The number of carbonyl (C=O) groups is 1. The van der Waals surface area contributed by atoms with E-state index in [1.54, 1.807) is 6.07 Å². The highest BCUT2D eigenvalue weighted by atomic mass is 35.5. The van der Waals surface area contributed by atoms with Gasteiger partial charge in [0.25, 0.3) is 0 Å². The minimum atomic E-state index is -0.465. The Hall–Kier alpha value is -1.29. The van der Waals surface area contributed by atoms with Crippen LogP contribution < -0.4 is 10.5 Å². The van der Waals surface area contributed by atoms with E-state index in [-0.39, 0.29) is 6.42 Å². The molecular formula is C8H9ClN2O2. The topological polar surface area (TPSA) is 65.2 Å². The van der Waals surface area contributed by atoms with E-state index in [2.05, 4.69) is 4.98 Å². The van der Waals surface area contributed by atoms with E-state index in [1.807, 2.05) is 0 Å². The largest absolute Gasteiger partial charge is 0.493 e. The summed E-state index contributed by atoms with van der Waals surface area (Å²) in [7, 11) is 1.47. The van der Waals surface area contributed by atoms with Crippen molar-refractivity contribution in [1.82, 2.24) is 4.98 Å². The molecular weight excluding hydrogens is 192 g/mol. The molecule has 0 atom stereocenters. The van der Waals surface area contributed by atoms with E-state index in [0.29, 0.717) is 16.5 Å². The molecule has 0 aliphatic rings. The number of primary amides is 1. The molecule has 0 bridgehead atoms. The smallest absolute Gasteiger partial charge is 0.223 e. The molecule has 0 saturated heterocycles. The first-order valence-electron chi connectivity index (χ1n) is 3.61. The Morgan fingerprint density at radius 2 is 2.46 bits per heavy atom. The minimum absolute atomic E-state index is 0.0315. The number of pyridine rings is 1. The number of carbonyl (C=O) groups excluding carboxylic acids is 1. The third-order valence-corrected chi connectivity index (χ3v) is 1.77. The van der Waals surface area contributed by atoms with Gasteiger partial charge in [-0.25, -0.2) is 0 Å². The number of amides is 1. The number of methoxy groups -OCH3 is 1. The van der Waals surface area contributed by atoms with Gasteiger partial charge in [0.1, 0.15) is 0 Å². The Labute approximate surface area is 80.7 Å². The van der Waals surface area contributed by atoms with Crippen LogP contribution in [0.3, 0.4) is 0 Å². The van der Waals surface area contributed by atoms with Crippen molar-refractivity contribution in [3.63, 3.8) is 0 Å². The molecule has 0 aliphatic heterocycles. The number of aromatic nitrogens is 1. The fourth-order valence-electron chi connectivity index (χ4n) is 0.971. The van der Waals surface area contributed by atoms with Crippen molar-refractivity contribution in [2.24, 2.45) is 5.73 Å². The van der Waals surface area contributed by atoms with E-state index in [9.17, 15) is 4.79 Å². The van der Waals surface area contributed by atoms with Crippen molar-refractivity contribution >= 4 is 17.5 Å². The zero-order valence-corrected chi connectivity index (χ0v) is 7.84. The first kappa shape index (κ1) is 9.80. The van der Waals surface area contributed by atoms with Gasteiger partial charge in [0.05, 0.1) is 24.2 Å². The van der Waals surface area contributed by atoms with Gasteiger partial charge in [-0.1, -0.05) is 11.6 Å². The summed E-state index contributed by atoms with van der Waals surface area (Å²) < 4.78 is 4.97. The van der Waals surface area contributed by atoms with Gasteiger partial charge in [-0.15, -0.1) is 0 Å². The van der Waals surface area contributed by atoms with Crippen molar-refractivity contribution in [1.29, 1.82) is 0 Å². The lowest BCUT2D eigenvalue weighted by atomic mass is 10.2. The highest BCUT2D eigenvalue weighted by Gasteiger charge is 2.10. The lowest BCUT2D eigenvalue weighted by Crippen LogP contribution is -2.15. The predicted octanol–water partition coefficient (Wildman–Crippen LogP) is 0.771. The minimum Gasteiger partial charge on any atom is -0.493 e. The van der Waals surface area contributed by atoms with Crippen LogP contribution in [0.2, 0.25) is 5.02 Å². The molecule has 1 aromatic rings. The van der Waals surface area contributed by atoms with Gasteiger partial charge >= 0.3 is 0 Å². The third-order valence-electron chi connectivity index (χ3n) is 1.48. The maximum absolute atomic E-state index is 10.6. The van der Waals surface area contributed by atoms with Crippen LogP contribution in [0, 0.1) is 0 Å². The van der Waals surface area contributed by atoms with E-state index in [0.717, 1.165) is 0 Å². The predicted molar refractivity (Wildman–Crippen MR) is 48.7 cm³/mol. The van der Waals surface area contributed by atoms with Crippen LogP contribution >= 0.6 is 11.6 Å². The summed E-state index contributed by atoms with van der Waals surface area (Å²) in [5, 5.41) is 0.425. The van der Waals surface area contributed by atoms with Gasteiger partial charge in [0, 0.05) is 6.20 Å². The highest BCUT2D eigenvalue weighted by molar-refractivity contribution is 6.32. The van der Waals surface area contributed by atoms with E-state index < -0.39 is 5.91 Å². The molecule has 1 heterocycles. The fraction of sp³-hybridized carbons (Fsp3) is 0.250. The average Bonchev–Trinajstić information content (AvgIpc) is 2.03. The van der Waals surface area contributed by atoms with Crippen LogP contribution in [-0.4, -0.2) is 18.0 Å². The first-order chi connectivity index (χ1) is 6.15. The second-order valence-corrected chi connectivity index (χ2v) is 2.82. The molecule has 70 valence electrons. The number of hydrogen-bond acceptors (Lipinski definition) is 3. The zero-order valence-electron chi connectivity index (χ0n) is 7.08. The summed E-state index contributed by atoms with van der Waals surface area (Å²) in [5.41, 5.74) is 5.48. The summed E-state index contributed by atoms with van der Waals surface area (Å²) in [6.45, 7) is 0. The van der Waals surface area contributed by atoms with Crippen molar-refractivity contribution in [2.75, 3.05) is 7.11 Å². The number of hydrogen-bond donors (Lipinski definition) is 1. The summed E-state index contributed by atoms with van der Waals surface area (Å²) in [6.07, 6.45) is 1.53. The Kier molecular flexibility index (Phi) is 3.08. The van der Waals surface area contributed by atoms with Gasteiger partial charge in [-0.05, 0) is 6.07 Å². The number of halogens is 1. The van der Waals surface area contributed by atoms with E-state index >= 15 is 0 Å². The van der Waals surface area contributed by atoms with E-state index in [4.69, 9.17) is 22.1 Å². The van der Waals surface area contributed by atoms with E-state index in [1.165, 1.54) is 13.3 Å². The van der Waals surface area contributed by atoms with Crippen LogP contribution in [0.4, 0.5) is 0 Å². The Bertz CT molecular complexity index is 328. The number of nitrogens with zero attached hydrogens (tertiary/aromatic N) is 1. The van der Waals surface area contributed by atoms with Crippen LogP contribution in [0.5, 0.6) is 5.75 Å². The summed E-state index contributed by atoms with van der Waals surface area (Å²) >= 11 is 5.80.